The van der Waals surface area contributed by atoms with Crippen LogP contribution in [-0.2, 0) is 6.42 Å². The van der Waals surface area contributed by atoms with E-state index >= 15 is 0 Å². The van der Waals surface area contributed by atoms with Gasteiger partial charge in [0.2, 0.25) is 0 Å². The van der Waals surface area contributed by atoms with Crippen molar-refractivity contribution in [2.75, 3.05) is 24.2 Å². The van der Waals surface area contributed by atoms with Gasteiger partial charge in [0.25, 0.3) is 0 Å². The summed E-state index contributed by atoms with van der Waals surface area (Å²) >= 11 is 0. The van der Waals surface area contributed by atoms with Gasteiger partial charge in [-0.25, -0.2) is 9.97 Å². The third kappa shape index (κ3) is 2.99. The Hall–Kier alpha value is -1.32. The summed E-state index contributed by atoms with van der Waals surface area (Å²) in [4.78, 5) is 8.75. The van der Waals surface area contributed by atoms with E-state index in [0.717, 1.165) is 31.0 Å². The first-order valence-electron chi connectivity index (χ1n) is 7.50. The molecule has 4 heteroatoms. The van der Waals surface area contributed by atoms with E-state index in [2.05, 4.69) is 34.4 Å². The first-order chi connectivity index (χ1) is 9.24. The van der Waals surface area contributed by atoms with Crippen molar-refractivity contribution in [3.05, 3.63) is 11.9 Å². The van der Waals surface area contributed by atoms with Crippen molar-refractivity contribution >= 4 is 11.6 Å². The van der Waals surface area contributed by atoms with Crippen LogP contribution in [0.15, 0.2) is 6.33 Å². The van der Waals surface area contributed by atoms with Crippen molar-refractivity contribution in [2.45, 2.75) is 52.4 Å². The summed E-state index contributed by atoms with van der Waals surface area (Å²) in [6.45, 7) is 5.53. The van der Waals surface area contributed by atoms with Gasteiger partial charge in [0.05, 0.1) is 0 Å². The molecule has 0 aromatic carbocycles. The number of hydrogen-bond donors (Lipinski definition) is 2. The standard InChI is InChI=1S/C15H26N4/c1-4-7-12-13(16-3)18-11-19-14(12)17-10-15(5-2)8-6-9-15/h11H,4-10H2,1-3H3,(H2,16,17,18,19). The Kier molecular flexibility index (Phi) is 4.61. The number of nitrogens with one attached hydrogen (secondary N) is 2. The minimum Gasteiger partial charge on any atom is -0.373 e. The highest BCUT2D eigenvalue weighted by atomic mass is 15.1. The smallest absolute Gasteiger partial charge is 0.134 e. The van der Waals surface area contributed by atoms with Crippen molar-refractivity contribution in [1.29, 1.82) is 0 Å². The Morgan fingerprint density at radius 1 is 1.21 bits per heavy atom. The SMILES string of the molecule is CCCc1c(NC)ncnc1NCC1(CC)CCC1. The van der Waals surface area contributed by atoms with Crippen molar-refractivity contribution in [2.24, 2.45) is 5.41 Å². The lowest BCUT2D eigenvalue weighted by Gasteiger charge is -2.41. The van der Waals surface area contributed by atoms with E-state index in [1.54, 1.807) is 6.33 Å². The van der Waals surface area contributed by atoms with Crippen LogP contribution in [0.1, 0.15) is 51.5 Å². The highest BCUT2D eigenvalue weighted by molar-refractivity contribution is 5.57. The number of aromatic nitrogens is 2. The number of anilines is 2. The Morgan fingerprint density at radius 3 is 2.47 bits per heavy atom. The second-order valence-electron chi connectivity index (χ2n) is 5.61. The molecule has 1 aromatic heterocycles. The highest BCUT2D eigenvalue weighted by Crippen LogP contribution is 2.43. The molecule has 4 nitrogen and oxygen atoms in total. The van der Waals surface area contributed by atoms with Crippen LogP contribution in [0.25, 0.3) is 0 Å². The third-order valence-electron chi connectivity index (χ3n) is 4.48. The minimum atomic E-state index is 0.508. The Balaban J connectivity index is 2.10. The van der Waals surface area contributed by atoms with Gasteiger partial charge < -0.3 is 10.6 Å². The molecule has 0 radical (unpaired) electrons. The van der Waals surface area contributed by atoms with Gasteiger partial charge in [-0.2, -0.15) is 0 Å². The number of nitrogens with zero attached hydrogens (tertiary/aromatic N) is 2. The zero-order valence-corrected chi connectivity index (χ0v) is 12.4. The largest absolute Gasteiger partial charge is 0.373 e. The van der Waals surface area contributed by atoms with Gasteiger partial charge in [-0.05, 0) is 31.1 Å². The van der Waals surface area contributed by atoms with Crippen LogP contribution in [0.5, 0.6) is 0 Å². The maximum absolute atomic E-state index is 4.44. The maximum Gasteiger partial charge on any atom is 0.134 e. The molecule has 106 valence electrons. The lowest BCUT2D eigenvalue weighted by Crippen LogP contribution is -2.36. The van der Waals surface area contributed by atoms with Gasteiger partial charge in [-0.1, -0.05) is 26.7 Å². The quantitative estimate of drug-likeness (QED) is 0.790. The molecular weight excluding hydrogens is 236 g/mol. The molecule has 1 saturated carbocycles. The van der Waals surface area contributed by atoms with Gasteiger partial charge in [0, 0.05) is 19.2 Å². The minimum absolute atomic E-state index is 0.508. The first-order valence-corrected chi connectivity index (χ1v) is 7.50. The summed E-state index contributed by atoms with van der Waals surface area (Å²) in [5.41, 5.74) is 1.73. The van der Waals surface area contributed by atoms with Crippen LogP contribution < -0.4 is 10.6 Å². The molecule has 0 aliphatic heterocycles. The van der Waals surface area contributed by atoms with E-state index < -0.39 is 0 Å². The summed E-state index contributed by atoms with van der Waals surface area (Å²) in [6.07, 6.45) is 9.10. The lowest BCUT2D eigenvalue weighted by atomic mass is 9.67. The Morgan fingerprint density at radius 2 is 1.95 bits per heavy atom. The molecule has 2 rings (SSSR count). The van der Waals surface area contributed by atoms with E-state index in [4.69, 9.17) is 0 Å². The van der Waals surface area contributed by atoms with E-state index in [1.165, 1.54) is 31.2 Å². The molecule has 0 saturated heterocycles. The monoisotopic (exact) mass is 262 g/mol. The molecule has 2 N–H and O–H groups in total. The molecular formula is C15H26N4. The van der Waals surface area contributed by atoms with E-state index in [0.29, 0.717) is 5.41 Å². The Labute approximate surface area is 116 Å². The first kappa shape index (κ1) is 14.1. The van der Waals surface area contributed by atoms with Crippen molar-refractivity contribution in [3.8, 4) is 0 Å². The maximum atomic E-state index is 4.44. The van der Waals surface area contributed by atoms with Gasteiger partial charge in [-0.3, -0.25) is 0 Å². The van der Waals surface area contributed by atoms with Gasteiger partial charge >= 0.3 is 0 Å². The fraction of sp³-hybridized carbons (Fsp3) is 0.733. The molecule has 1 fully saturated rings. The molecule has 1 aliphatic carbocycles. The molecule has 19 heavy (non-hydrogen) atoms. The van der Waals surface area contributed by atoms with Crippen LogP contribution in [0.4, 0.5) is 11.6 Å². The van der Waals surface area contributed by atoms with Gasteiger partial charge in [0.1, 0.15) is 18.0 Å². The molecule has 0 amide bonds. The number of rotatable bonds is 7. The summed E-state index contributed by atoms with van der Waals surface area (Å²) < 4.78 is 0. The summed E-state index contributed by atoms with van der Waals surface area (Å²) in [6, 6.07) is 0. The fourth-order valence-electron chi connectivity index (χ4n) is 2.87. The summed E-state index contributed by atoms with van der Waals surface area (Å²) in [5.74, 6) is 1.97. The van der Waals surface area contributed by atoms with Crippen LogP contribution in [0.3, 0.4) is 0 Å². The predicted molar refractivity (Wildman–Crippen MR) is 80.6 cm³/mol. The average Bonchev–Trinajstić information content (AvgIpc) is 2.39. The highest BCUT2D eigenvalue weighted by Gasteiger charge is 2.34. The topological polar surface area (TPSA) is 49.8 Å². The molecule has 1 aromatic rings. The zero-order chi connectivity index (χ0) is 13.7. The molecule has 0 bridgehead atoms. The van der Waals surface area contributed by atoms with Crippen molar-refractivity contribution < 1.29 is 0 Å². The predicted octanol–water partition coefficient (Wildman–Crippen LogP) is 3.46. The molecule has 0 atom stereocenters. The second kappa shape index (κ2) is 6.22. The van der Waals surface area contributed by atoms with Crippen LogP contribution in [-0.4, -0.2) is 23.6 Å². The van der Waals surface area contributed by atoms with E-state index in [1.807, 2.05) is 7.05 Å². The Bertz CT molecular complexity index is 407. The fourth-order valence-corrected chi connectivity index (χ4v) is 2.87. The number of hydrogen-bond acceptors (Lipinski definition) is 4. The van der Waals surface area contributed by atoms with E-state index in [-0.39, 0.29) is 0 Å². The molecule has 0 spiro atoms. The van der Waals surface area contributed by atoms with Crippen molar-refractivity contribution in [1.82, 2.24) is 9.97 Å². The summed E-state index contributed by atoms with van der Waals surface area (Å²) in [5, 5.41) is 6.74. The average molecular weight is 262 g/mol. The summed E-state index contributed by atoms with van der Waals surface area (Å²) in [7, 11) is 1.92. The molecule has 1 heterocycles. The van der Waals surface area contributed by atoms with Crippen LogP contribution in [0.2, 0.25) is 0 Å². The normalized spacial score (nSPS) is 16.8. The van der Waals surface area contributed by atoms with E-state index in [9.17, 15) is 0 Å². The molecule has 0 unspecified atom stereocenters. The zero-order valence-electron chi connectivity index (χ0n) is 12.4. The second-order valence-corrected chi connectivity index (χ2v) is 5.61. The third-order valence-corrected chi connectivity index (χ3v) is 4.48. The lowest BCUT2D eigenvalue weighted by molar-refractivity contribution is 0.145. The molecule has 1 aliphatic rings. The van der Waals surface area contributed by atoms with Crippen molar-refractivity contribution in [3.63, 3.8) is 0 Å². The van der Waals surface area contributed by atoms with Gasteiger partial charge in [-0.15, -0.1) is 0 Å². The van der Waals surface area contributed by atoms with Crippen LogP contribution >= 0.6 is 0 Å². The van der Waals surface area contributed by atoms with Crippen LogP contribution in [0, 0.1) is 5.41 Å². The van der Waals surface area contributed by atoms with Gasteiger partial charge in [0.15, 0.2) is 0 Å².